The highest BCUT2D eigenvalue weighted by molar-refractivity contribution is 7.99. The number of hydrogen-bond donors (Lipinski definition) is 0. The van der Waals surface area contributed by atoms with E-state index in [2.05, 4.69) is 12.1 Å². The van der Waals surface area contributed by atoms with Gasteiger partial charge in [-0.15, -0.1) is 0 Å². The highest BCUT2D eigenvalue weighted by Crippen LogP contribution is 2.27. The molecule has 0 aliphatic carbocycles. The highest BCUT2D eigenvalue weighted by atomic mass is 32.2. The van der Waals surface area contributed by atoms with Crippen molar-refractivity contribution in [1.82, 2.24) is 0 Å². The minimum Gasteiger partial charge on any atom is -0.318 e. The summed E-state index contributed by atoms with van der Waals surface area (Å²) in [6, 6.07) is 17.6. The average molecular weight is 412 g/mol. The number of unbranched alkanes of at least 4 members (excludes halogenated alkanes) is 3. The molecule has 0 spiro atoms. The van der Waals surface area contributed by atoms with E-state index in [1.165, 1.54) is 0 Å². The first-order valence-electron chi connectivity index (χ1n) is 10.2. The summed E-state index contributed by atoms with van der Waals surface area (Å²) >= 11 is 1.64. The van der Waals surface area contributed by atoms with Crippen LogP contribution in [0.1, 0.15) is 63.2 Å². The summed E-state index contributed by atoms with van der Waals surface area (Å²) in [5.41, 5.74) is 0.857. The molecule has 0 aromatic heterocycles. The molecular formula is C24H29NO3S. The fraction of sp³-hybridized carbons (Fsp3) is 0.375. The number of Topliss-reactive ketones (excluding diaryl/α,β-unsaturated/α-hetero) is 1. The van der Waals surface area contributed by atoms with E-state index in [1.54, 1.807) is 37.7 Å². The molecule has 0 saturated heterocycles. The van der Waals surface area contributed by atoms with Gasteiger partial charge in [0.15, 0.2) is 0 Å². The topological polar surface area (TPSA) is 55.7 Å². The van der Waals surface area contributed by atoms with Gasteiger partial charge in [0.1, 0.15) is 5.71 Å². The molecule has 0 atom stereocenters. The van der Waals surface area contributed by atoms with Gasteiger partial charge in [-0.3, -0.25) is 4.79 Å². The fourth-order valence-electron chi connectivity index (χ4n) is 2.59. The normalized spacial score (nSPS) is 11.5. The molecule has 0 N–H and O–H groups in total. The van der Waals surface area contributed by atoms with Gasteiger partial charge in [-0.1, -0.05) is 75.2 Å². The molecule has 0 bridgehead atoms. The maximum atomic E-state index is 12.9. The zero-order chi connectivity index (χ0) is 21.1. The summed E-state index contributed by atoms with van der Waals surface area (Å²) in [7, 11) is 0. The third-order valence-electron chi connectivity index (χ3n) is 4.34. The van der Waals surface area contributed by atoms with Crippen LogP contribution in [0.15, 0.2) is 69.5 Å². The van der Waals surface area contributed by atoms with Gasteiger partial charge in [-0.05, 0) is 49.2 Å². The molecule has 4 nitrogen and oxygen atoms in total. The van der Waals surface area contributed by atoms with Crippen molar-refractivity contribution in [2.24, 2.45) is 11.1 Å². The van der Waals surface area contributed by atoms with E-state index in [0.29, 0.717) is 17.7 Å². The molecule has 2 aromatic carbocycles. The first-order valence-corrected chi connectivity index (χ1v) is 11.0. The third-order valence-corrected chi connectivity index (χ3v) is 5.36. The number of rotatable bonds is 11. The van der Waals surface area contributed by atoms with Crippen LogP contribution >= 0.6 is 11.8 Å². The van der Waals surface area contributed by atoms with Crippen LogP contribution in [0.2, 0.25) is 0 Å². The Morgan fingerprint density at radius 1 is 0.931 bits per heavy atom. The Morgan fingerprint density at radius 2 is 1.59 bits per heavy atom. The summed E-state index contributed by atoms with van der Waals surface area (Å²) in [6.07, 6.45) is 4.60. The van der Waals surface area contributed by atoms with Crippen molar-refractivity contribution >= 4 is 29.2 Å². The summed E-state index contributed by atoms with van der Waals surface area (Å²) in [5.74, 6) is -0.905. The van der Waals surface area contributed by atoms with Crippen molar-refractivity contribution in [2.75, 3.05) is 0 Å². The van der Waals surface area contributed by atoms with Crippen LogP contribution in [-0.2, 0) is 9.63 Å². The van der Waals surface area contributed by atoms with Crippen LogP contribution in [0.4, 0.5) is 0 Å². The van der Waals surface area contributed by atoms with Crippen molar-refractivity contribution in [3.8, 4) is 0 Å². The monoisotopic (exact) mass is 411 g/mol. The largest absolute Gasteiger partial charge is 0.337 e. The minimum atomic E-state index is -0.432. The molecule has 0 radical (unpaired) electrons. The molecule has 154 valence electrons. The second-order valence-electron chi connectivity index (χ2n) is 7.18. The van der Waals surface area contributed by atoms with E-state index < -0.39 is 5.97 Å². The first kappa shape index (κ1) is 22.9. The molecule has 2 rings (SSSR count). The predicted molar refractivity (Wildman–Crippen MR) is 118 cm³/mol. The van der Waals surface area contributed by atoms with Crippen molar-refractivity contribution in [3.63, 3.8) is 0 Å². The van der Waals surface area contributed by atoms with Crippen molar-refractivity contribution in [2.45, 2.75) is 62.7 Å². The van der Waals surface area contributed by atoms with Crippen molar-refractivity contribution in [1.29, 1.82) is 0 Å². The van der Waals surface area contributed by atoms with Gasteiger partial charge in [-0.2, -0.15) is 0 Å². The number of hydrogen-bond acceptors (Lipinski definition) is 5. The molecule has 0 aliphatic rings. The third kappa shape index (κ3) is 7.86. The molecule has 0 unspecified atom stereocenters. The highest BCUT2D eigenvalue weighted by Gasteiger charge is 2.17. The lowest BCUT2D eigenvalue weighted by Gasteiger charge is -2.08. The van der Waals surface area contributed by atoms with Crippen LogP contribution in [-0.4, -0.2) is 17.5 Å². The second kappa shape index (κ2) is 12.2. The van der Waals surface area contributed by atoms with Gasteiger partial charge in [0.25, 0.3) is 0 Å². The van der Waals surface area contributed by atoms with Crippen LogP contribution in [0, 0.1) is 5.92 Å². The summed E-state index contributed by atoms with van der Waals surface area (Å²) < 4.78 is 0. The van der Waals surface area contributed by atoms with E-state index in [0.717, 1.165) is 35.5 Å². The van der Waals surface area contributed by atoms with Gasteiger partial charge in [-0.25, -0.2) is 4.79 Å². The second-order valence-corrected chi connectivity index (χ2v) is 8.33. The Hall–Kier alpha value is -2.40. The molecular weight excluding hydrogens is 382 g/mol. The van der Waals surface area contributed by atoms with Crippen LogP contribution in [0.3, 0.4) is 0 Å². The lowest BCUT2D eigenvalue weighted by molar-refractivity contribution is -0.147. The van der Waals surface area contributed by atoms with E-state index in [-0.39, 0.29) is 11.7 Å². The van der Waals surface area contributed by atoms with E-state index in [9.17, 15) is 9.59 Å². The van der Waals surface area contributed by atoms with Gasteiger partial charge in [0.2, 0.25) is 5.78 Å². The SMILES string of the molecule is CCCCCCC(=NOC(=O)C(C)C)C(=O)c1ccc(Sc2ccccc2)cc1. The Kier molecular flexibility index (Phi) is 9.65. The maximum absolute atomic E-state index is 12.9. The van der Waals surface area contributed by atoms with Gasteiger partial charge in [0.05, 0.1) is 5.92 Å². The number of carbonyl (C=O) groups excluding carboxylic acids is 2. The number of ketones is 1. The number of benzene rings is 2. The van der Waals surface area contributed by atoms with Gasteiger partial charge >= 0.3 is 5.97 Å². The van der Waals surface area contributed by atoms with Crippen molar-refractivity contribution in [3.05, 3.63) is 60.2 Å². The lowest BCUT2D eigenvalue weighted by Crippen LogP contribution is -2.17. The molecule has 0 fully saturated rings. The molecule has 5 heteroatoms. The molecule has 0 saturated carbocycles. The average Bonchev–Trinajstić information content (AvgIpc) is 2.73. The molecule has 29 heavy (non-hydrogen) atoms. The zero-order valence-corrected chi connectivity index (χ0v) is 18.2. The number of oxime groups is 1. The van der Waals surface area contributed by atoms with Gasteiger partial charge in [0, 0.05) is 15.4 Å². The van der Waals surface area contributed by atoms with Crippen molar-refractivity contribution < 1.29 is 14.4 Å². The molecule has 0 aliphatic heterocycles. The van der Waals surface area contributed by atoms with E-state index in [4.69, 9.17) is 4.84 Å². The Balaban J connectivity index is 2.09. The van der Waals surface area contributed by atoms with Crippen LogP contribution in [0.5, 0.6) is 0 Å². The smallest absolute Gasteiger partial charge is 0.318 e. The van der Waals surface area contributed by atoms with E-state index >= 15 is 0 Å². The van der Waals surface area contributed by atoms with E-state index in [1.807, 2.05) is 42.5 Å². The summed E-state index contributed by atoms with van der Waals surface area (Å²) in [4.78, 5) is 31.9. The fourth-order valence-corrected chi connectivity index (χ4v) is 3.43. The molecule has 2 aromatic rings. The minimum absolute atomic E-state index is 0.186. The molecule has 0 amide bonds. The Labute approximate surface area is 177 Å². The number of carbonyl (C=O) groups is 2. The molecule has 0 heterocycles. The Morgan fingerprint density at radius 3 is 2.21 bits per heavy atom. The first-order chi connectivity index (χ1) is 14.0. The summed E-state index contributed by atoms with van der Waals surface area (Å²) in [5, 5.41) is 3.92. The zero-order valence-electron chi connectivity index (χ0n) is 17.4. The van der Waals surface area contributed by atoms with Gasteiger partial charge < -0.3 is 4.84 Å². The standard InChI is InChI=1S/C24H29NO3S/c1-4-5-6-10-13-22(25-28-24(27)18(2)3)23(26)19-14-16-21(17-15-19)29-20-11-8-7-9-12-20/h7-9,11-12,14-18H,4-6,10,13H2,1-3H3. The number of nitrogens with zero attached hydrogens (tertiary/aromatic N) is 1. The quantitative estimate of drug-likeness (QED) is 0.138. The lowest BCUT2D eigenvalue weighted by atomic mass is 10.0. The predicted octanol–water partition coefficient (Wildman–Crippen LogP) is 6.55. The van der Waals surface area contributed by atoms with Crippen LogP contribution < -0.4 is 0 Å². The Bertz CT molecular complexity index is 814. The van der Waals surface area contributed by atoms with Crippen LogP contribution in [0.25, 0.3) is 0 Å². The summed E-state index contributed by atoms with van der Waals surface area (Å²) in [6.45, 7) is 5.62. The maximum Gasteiger partial charge on any atom is 0.337 e.